The molecule has 3 N–H and O–H groups in total. The molecule has 0 amide bonds. The number of ketones is 2. The fraction of sp³-hybridized carbons (Fsp3) is 0.906. The molecule has 1 saturated heterocycles. The molecule has 1 unspecified atom stereocenters. The zero-order valence-corrected chi connectivity index (χ0v) is 52.8. The number of tetrazole rings is 2. The van der Waals surface area contributed by atoms with Gasteiger partial charge in [-0.1, -0.05) is 61.7 Å². The zero-order chi connectivity index (χ0) is 50.0. The smallest absolute Gasteiger partial charge is 1.00 e. The van der Waals surface area contributed by atoms with Crippen molar-refractivity contribution in [3.05, 3.63) is 12.7 Å². The van der Waals surface area contributed by atoms with Crippen LogP contribution < -0.4 is 108 Å². The predicted octanol–water partition coefficient (Wildman–Crippen LogP) is 1.81. The van der Waals surface area contributed by atoms with E-state index in [1.165, 1.54) is 94.5 Å². The first kappa shape index (κ1) is 61.8. The Labute approximate surface area is 523 Å². The number of alkyl halides is 1. The van der Waals surface area contributed by atoms with Gasteiger partial charge in [-0.05, 0) is 216 Å². The SMILES string of the molecule is CC[C@@H]1C[C@H](C(=O)CBr)[C@@]2(C)CC[C@H]3[C@@H](CC[C@@H]4C[C@](C)(O)CC[C@@H]43)[C@H]12.CC[C@@H]1C[C@H](C(=O)Cn2ncnn2)[C@@]2(C)CC[C@H]3[C@@H](CC[C@@H]4C[C@](C)(O)CC[C@@H]43)[C@H]12.O=C(O[O-])C1CCCO1.[H-].[K+].[K+].c1nn[nH]n1. The molecule has 0 radical (unpaired) electrons. The van der Waals surface area contributed by atoms with Crippen LogP contribution in [0.5, 0.6) is 0 Å². The van der Waals surface area contributed by atoms with Gasteiger partial charge in [-0.3, -0.25) is 9.59 Å². The Morgan fingerprint density at radius 2 is 1.26 bits per heavy atom. The maximum absolute atomic E-state index is 13.3. The summed E-state index contributed by atoms with van der Waals surface area (Å²) in [5, 5.41) is 55.1. The first-order valence-corrected chi connectivity index (χ1v) is 28.5. The second-order valence-electron chi connectivity index (χ2n) is 24.7. The number of ether oxygens (including phenoxy) is 1. The van der Waals surface area contributed by atoms with Crippen molar-refractivity contribution in [2.75, 3.05) is 11.9 Å². The van der Waals surface area contributed by atoms with Crippen LogP contribution in [-0.4, -0.2) is 97.8 Å². The van der Waals surface area contributed by atoms with Crippen molar-refractivity contribution in [2.24, 2.45) is 93.7 Å². The van der Waals surface area contributed by atoms with Crippen LogP contribution in [0.3, 0.4) is 0 Å². The van der Waals surface area contributed by atoms with Crippen molar-refractivity contribution in [1.82, 2.24) is 40.8 Å². The van der Waals surface area contributed by atoms with Crippen molar-refractivity contribution in [3.8, 4) is 0 Å². The van der Waals surface area contributed by atoms with Gasteiger partial charge in [0.1, 0.15) is 12.3 Å². The number of halogens is 1. The van der Waals surface area contributed by atoms with Crippen molar-refractivity contribution < 1.29 is 144 Å². The Morgan fingerprint density at radius 1 is 0.736 bits per heavy atom. The quantitative estimate of drug-likeness (QED) is 0.148. The number of nitrogens with one attached hydrogen (secondary N) is 1. The predicted molar refractivity (Wildman–Crippen MR) is 263 cm³/mol. The molecule has 72 heavy (non-hydrogen) atoms. The van der Waals surface area contributed by atoms with E-state index in [9.17, 15) is 29.9 Å². The van der Waals surface area contributed by atoms with E-state index in [4.69, 9.17) is 4.74 Å². The number of carbonyl (C=O) groups excluding carboxylic acids is 3. The molecule has 0 aromatic carbocycles. The van der Waals surface area contributed by atoms with Gasteiger partial charge in [0, 0.05) is 18.4 Å². The third-order valence-corrected chi connectivity index (χ3v) is 21.5. The van der Waals surface area contributed by atoms with Crippen molar-refractivity contribution in [1.29, 1.82) is 0 Å². The third-order valence-electron chi connectivity index (χ3n) is 20.9. The number of nitrogens with zero attached hydrogens (tertiary/aromatic N) is 7. The number of aromatic amines is 1. The minimum absolute atomic E-state index is 0. The molecule has 11 rings (SSSR count). The molecule has 394 valence electrons. The minimum atomic E-state index is -0.799. The second kappa shape index (κ2) is 26.7. The fourth-order valence-corrected chi connectivity index (χ4v) is 18.5. The van der Waals surface area contributed by atoms with Crippen molar-refractivity contribution >= 4 is 33.5 Å². The second-order valence-corrected chi connectivity index (χ2v) is 25.2. The number of aliphatic hydroxyl groups is 2. The average Bonchev–Trinajstić information content (AvgIpc) is 4.22. The largest absolute Gasteiger partial charge is 1.00 e. The molecule has 9 aliphatic rings. The summed E-state index contributed by atoms with van der Waals surface area (Å²) in [6.07, 6.45) is 24.8. The normalized spacial score (nSPS) is 43.1. The van der Waals surface area contributed by atoms with E-state index in [1.807, 2.05) is 13.8 Å². The molecule has 16 nitrogen and oxygen atoms in total. The first-order chi connectivity index (χ1) is 33.5. The summed E-state index contributed by atoms with van der Waals surface area (Å²) in [5.41, 5.74) is -0.528. The maximum Gasteiger partial charge on any atom is 1.00 e. The van der Waals surface area contributed by atoms with E-state index in [0.717, 1.165) is 98.2 Å². The van der Waals surface area contributed by atoms with Crippen LogP contribution in [0, 0.1) is 93.7 Å². The molecule has 8 saturated carbocycles. The minimum Gasteiger partial charge on any atom is -1.00 e. The Balaban J connectivity index is 0.000000208. The van der Waals surface area contributed by atoms with Crippen molar-refractivity contribution in [3.63, 3.8) is 0 Å². The number of hydrogen-bond donors (Lipinski definition) is 3. The number of carbonyl (C=O) groups is 3. The molecule has 2 aromatic heterocycles. The summed E-state index contributed by atoms with van der Waals surface area (Å²) in [4.78, 5) is 41.1. The average molecular weight is 1120 g/mol. The Bertz CT molecular complexity index is 2020. The third kappa shape index (κ3) is 13.4. The number of fused-ring (bicyclic) bond motifs is 10. The summed E-state index contributed by atoms with van der Waals surface area (Å²) in [5.74, 6) is 9.51. The zero-order valence-electron chi connectivity index (χ0n) is 45.9. The Morgan fingerprint density at radius 3 is 1.67 bits per heavy atom. The molecular weight excluding hydrogens is 1030 g/mol. The van der Waals surface area contributed by atoms with Gasteiger partial charge < -0.3 is 26.5 Å². The van der Waals surface area contributed by atoms with Crippen LogP contribution in [0.2, 0.25) is 0 Å². The van der Waals surface area contributed by atoms with Crippen LogP contribution in [0.15, 0.2) is 12.7 Å². The van der Waals surface area contributed by atoms with E-state index >= 15 is 0 Å². The molecule has 9 fully saturated rings. The van der Waals surface area contributed by atoms with Gasteiger partial charge in [0.05, 0.1) is 16.5 Å². The molecule has 2 aromatic rings. The molecular formula is C53H85BrK2N8O8. The molecule has 19 heteroatoms. The van der Waals surface area contributed by atoms with Gasteiger partial charge in [0.2, 0.25) is 0 Å². The molecule has 19 atom stereocenters. The monoisotopic (exact) mass is 1120 g/mol. The van der Waals surface area contributed by atoms with Crippen LogP contribution in [-0.2, 0) is 30.6 Å². The number of aromatic nitrogens is 8. The standard InChI is InChI=1S/C24H38N4O2.C23H37BrO2.C5H8O4.CH2N4.2K.H/c1-4-15-11-20(21(29)13-28-26-14-25-27-28)24(3)10-8-18-17-7-9-23(2,30)12-16(17)5-6-19(18)22(15)24;1-4-14-11-19(20(25)13-24)23(3)10-8-17-16-7-9-22(2,26)12-15(16)5-6-18(17)21(14)23;6-5(9-7)4-2-1-3-8-4;1-2-4-5-3-1;;;/h14-20,22,30H,4-13H2,1-3H3;14-19,21,26H,4-13H2,1-3H3;4,7H,1-3H2;1H,(H,2,3,4,5);;;/q;;;;2*+1;-1/p-1/t15-,16-,17+,18-,19-,20-,22+,23-,24-;14-,15-,16+,17-,18-,19-,21+,22-,23-;;;;;/m11...../s1. The molecule has 8 aliphatic carbocycles. The number of Topliss-reactive ketones (excluding diaryl/α,β-unsaturated/α-hetero) is 2. The number of H-pyrrole nitrogens is 1. The van der Waals surface area contributed by atoms with E-state index < -0.39 is 23.3 Å². The Kier molecular flexibility index (Phi) is 22.9. The van der Waals surface area contributed by atoms with Gasteiger partial charge in [-0.2, -0.15) is 10.0 Å². The topological polar surface area (TPSA) is 231 Å². The van der Waals surface area contributed by atoms with E-state index in [2.05, 4.69) is 84.5 Å². The van der Waals surface area contributed by atoms with Crippen molar-refractivity contribution in [2.45, 2.75) is 194 Å². The van der Waals surface area contributed by atoms with Crippen LogP contribution in [0.1, 0.15) is 171 Å². The molecule has 0 bridgehead atoms. The molecule has 3 heterocycles. The van der Waals surface area contributed by atoms with Gasteiger partial charge in [0.25, 0.3) is 0 Å². The molecule has 0 spiro atoms. The summed E-state index contributed by atoms with van der Waals surface area (Å²) in [6.45, 7) is 14.5. The van der Waals surface area contributed by atoms with Gasteiger partial charge >= 0.3 is 109 Å². The summed E-state index contributed by atoms with van der Waals surface area (Å²) >= 11 is 3.46. The van der Waals surface area contributed by atoms with Gasteiger partial charge in [0.15, 0.2) is 24.5 Å². The number of rotatable bonds is 8. The number of hydrogen-bond acceptors (Lipinski definition) is 14. The van der Waals surface area contributed by atoms with Crippen LogP contribution >= 0.6 is 15.9 Å². The van der Waals surface area contributed by atoms with E-state index in [-0.39, 0.29) is 133 Å². The first-order valence-electron chi connectivity index (χ1n) is 27.4. The van der Waals surface area contributed by atoms with Crippen LogP contribution in [0.25, 0.3) is 0 Å². The van der Waals surface area contributed by atoms with Gasteiger partial charge in [-0.25, -0.2) is 4.79 Å². The van der Waals surface area contributed by atoms with Crippen LogP contribution in [0.4, 0.5) is 0 Å². The van der Waals surface area contributed by atoms with Gasteiger partial charge in [-0.15, -0.1) is 20.4 Å². The maximum atomic E-state index is 13.3. The van der Waals surface area contributed by atoms with E-state index in [0.29, 0.717) is 47.7 Å². The fourth-order valence-electron chi connectivity index (χ4n) is 18.1. The summed E-state index contributed by atoms with van der Waals surface area (Å²) in [7, 11) is 0. The molecule has 1 aliphatic heterocycles. The summed E-state index contributed by atoms with van der Waals surface area (Å²) in [6, 6.07) is 0. The van der Waals surface area contributed by atoms with E-state index in [1.54, 1.807) is 0 Å². The summed E-state index contributed by atoms with van der Waals surface area (Å²) < 4.78 is 4.83. The Hall–Kier alpha value is 0.543.